The molecule has 5 heteroatoms. The molecule has 0 aromatic heterocycles. The number of hydrogen-bond donors (Lipinski definition) is 3. The van der Waals surface area contributed by atoms with Gasteiger partial charge < -0.3 is 16.4 Å². The lowest BCUT2D eigenvalue weighted by molar-refractivity contribution is -0.118. The first kappa shape index (κ1) is 19.0. The van der Waals surface area contributed by atoms with Crippen LogP contribution < -0.4 is 16.4 Å². The van der Waals surface area contributed by atoms with Crippen molar-refractivity contribution in [2.24, 2.45) is 16.6 Å². The summed E-state index contributed by atoms with van der Waals surface area (Å²) in [6, 6.07) is 7.68. The van der Waals surface area contributed by atoms with Crippen LogP contribution in [0.2, 0.25) is 0 Å². The van der Waals surface area contributed by atoms with E-state index in [0.717, 1.165) is 24.2 Å². The van der Waals surface area contributed by atoms with E-state index in [4.69, 9.17) is 5.73 Å². The second-order valence-corrected chi connectivity index (χ2v) is 6.03. The third-order valence-electron chi connectivity index (χ3n) is 3.51. The highest BCUT2D eigenvalue weighted by Gasteiger charge is 2.06. The largest absolute Gasteiger partial charge is 0.370 e. The Hall–Kier alpha value is -2.04. The summed E-state index contributed by atoms with van der Waals surface area (Å²) < 4.78 is 0. The summed E-state index contributed by atoms with van der Waals surface area (Å²) in [6.07, 6.45) is 4.84. The molecule has 0 fully saturated rings. The van der Waals surface area contributed by atoms with Crippen LogP contribution in [-0.4, -0.2) is 18.4 Å². The average molecular weight is 318 g/mol. The van der Waals surface area contributed by atoms with Crippen molar-refractivity contribution in [1.29, 1.82) is 0 Å². The first-order valence-corrected chi connectivity index (χ1v) is 8.46. The normalized spacial score (nSPS) is 11.6. The number of benzene rings is 1. The molecule has 0 radical (unpaired) electrons. The van der Waals surface area contributed by atoms with E-state index in [9.17, 15) is 4.79 Å². The van der Waals surface area contributed by atoms with Crippen LogP contribution in [0.3, 0.4) is 0 Å². The van der Waals surface area contributed by atoms with Crippen molar-refractivity contribution in [3.8, 4) is 0 Å². The number of aliphatic imine (C=N–C) groups is 1. The Morgan fingerprint density at radius 3 is 2.48 bits per heavy atom. The minimum atomic E-state index is -0.0255. The summed E-state index contributed by atoms with van der Waals surface area (Å²) in [6.45, 7) is 7.34. The molecule has 0 bridgehead atoms. The third-order valence-corrected chi connectivity index (χ3v) is 3.51. The number of guanidine groups is 1. The molecular weight excluding hydrogens is 288 g/mol. The van der Waals surface area contributed by atoms with E-state index in [-0.39, 0.29) is 11.8 Å². The van der Waals surface area contributed by atoms with Gasteiger partial charge in [-0.3, -0.25) is 4.79 Å². The Balaban J connectivity index is 2.36. The molecule has 0 unspecified atom stereocenters. The van der Waals surface area contributed by atoms with Gasteiger partial charge in [-0.05, 0) is 24.1 Å². The fourth-order valence-corrected chi connectivity index (χ4v) is 1.98. The molecule has 4 N–H and O–H groups in total. The van der Waals surface area contributed by atoms with Gasteiger partial charge in [-0.25, -0.2) is 4.99 Å². The van der Waals surface area contributed by atoms with E-state index in [1.54, 1.807) is 0 Å². The van der Waals surface area contributed by atoms with Gasteiger partial charge in [0.15, 0.2) is 5.96 Å². The highest BCUT2D eigenvalue weighted by molar-refractivity contribution is 5.92. The summed E-state index contributed by atoms with van der Waals surface area (Å²) >= 11 is 0. The zero-order valence-electron chi connectivity index (χ0n) is 14.6. The molecule has 1 amide bonds. The second kappa shape index (κ2) is 10.6. The van der Waals surface area contributed by atoms with E-state index in [2.05, 4.69) is 22.5 Å². The minimum Gasteiger partial charge on any atom is -0.370 e. The summed E-state index contributed by atoms with van der Waals surface area (Å²) in [7, 11) is 0. The fraction of sp³-hybridized carbons (Fsp3) is 0.556. The van der Waals surface area contributed by atoms with Crippen LogP contribution in [-0.2, 0) is 11.3 Å². The molecule has 1 aromatic carbocycles. The lowest BCUT2D eigenvalue weighted by Crippen LogP contribution is -2.32. The van der Waals surface area contributed by atoms with Gasteiger partial charge in [-0.15, -0.1) is 0 Å². The molecule has 0 aliphatic carbocycles. The molecule has 23 heavy (non-hydrogen) atoms. The van der Waals surface area contributed by atoms with Gasteiger partial charge in [0.1, 0.15) is 0 Å². The first-order valence-electron chi connectivity index (χ1n) is 8.46. The molecule has 0 aliphatic heterocycles. The molecule has 128 valence electrons. The van der Waals surface area contributed by atoms with E-state index < -0.39 is 0 Å². The van der Waals surface area contributed by atoms with Crippen LogP contribution in [0, 0.1) is 5.92 Å². The minimum absolute atomic E-state index is 0.0206. The summed E-state index contributed by atoms with van der Waals surface area (Å²) in [5.74, 6) is 0.480. The van der Waals surface area contributed by atoms with Gasteiger partial charge in [-0.2, -0.15) is 0 Å². The van der Waals surface area contributed by atoms with E-state index in [1.807, 2.05) is 38.1 Å². The molecule has 0 atom stereocenters. The number of carbonyl (C=O) groups is 1. The van der Waals surface area contributed by atoms with E-state index in [0.29, 0.717) is 12.5 Å². The lowest BCUT2D eigenvalue weighted by atomic mass is 10.2. The SMILES string of the molecule is CCCCCCNC(N)=NCc1ccc(NC(=O)C(C)C)cc1. The Morgan fingerprint density at radius 1 is 1.17 bits per heavy atom. The summed E-state index contributed by atoms with van der Waals surface area (Å²) in [5, 5.41) is 6.00. The van der Waals surface area contributed by atoms with Gasteiger partial charge in [0, 0.05) is 18.2 Å². The van der Waals surface area contributed by atoms with Crippen molar-refractivity contribution in [3.05, 3.63) is 29.8 Å². The number of unbranched alkanes of at least 4 members (excludes halogenated alkanes) is 3. The maximum atomic E-state index is 11.6. The number of amides is 1. The Kier molecular flexibility index (Phi) is 8.80. The first-order chi connectivity index (χ1) is 11.0. The molecule has 1 rings (SSSR count). The number of nitrogens with zero attached hydrogens (tertiary/aromatic N) is 1. The van der Waals surface area contributed by atoms with E-state index in [1.165, 1.54) is 19.3 Å². The number of nitrogens with two attached hydrogens (primary N) is 1. The Labute approximate surface area is 139 Å². The van der Waals surface area contributed by atoms with Crippen LogP contribution in [0.5, 0.6) is 0 Å². The van der Waals surface area contributed by atoms with Gasteiger partial charge >= 0.3 is 0 Å². The molecule has 0 heterocycles. The van der Waals surface area contributed by atoms with Crippen molar-refractivity contribution in [2.75, 3.05) is 11.9 Å². The Bertz CT molecular complexity index is 494. The molecule has 1 aromatic rings. The van der Waals surface area contributed by atoms with Crippen LogP contribution in [0.1, 0.15) is 52.0 Å². The number of anilines is 1. The molecule has 0 aliphatic rings. The quantitative estimate of drug-likeness (QED) is 0.371. The van der Waals surface area contributed by atoms with Crippen molar-refractivity contribution in [1.82, 2.24) is 5.32 Å². The monoisotopic (exact) mass is 318 g/mol. The lowest BCUT2D eigenvalue weighted by Gasteiger charge is -2.08. The van der Waals surface area contributed by atoms with E-state index >= 15 is 0 Å². The van der Waals surface area contributed by atoms with Crippen molar-refractivity contribution in [2.45, 2.75) is 53.0 Å². The average Bonchev–Trinajstić information content (AvgIpc) is 2.54. The highest BCUT2D eigenvalue weighted by Crippen LogP contribution is 2.11. The van der Waals surface area contributed by atoms with Gasteiger partial charge in [0.05, 0.1) is 6.54 Å². The maximum Gasteiger partial charge on any atom is 0.226 e. The van der Waals surface area contributed by atoms with Gasteiger partial charge in [0.25, 0.3) is 0 Å². The molecule has 0 saturated carbocycles. The third kappa shape index (κ3) is 8.24. The van der Waals surface area contributed by atoms with Crippen LogP contribution >= 0.6 is 0 Å². The van der Waals surface area contributed by atoms with Crippen molar-refractivity contribution < 1.29 is 4.79 Å². The number of nitrogens with one attached hydrogen (secondary N) is 2. The molecule has 0 spiro atoms. The molecule has 0 saturated heterocycles. The fourth-order valence-electron chi connectivity index (χ4n) is 1.98. The summed E-state index contributed by atoms with van der Waals surface area (Å²) in [5.41, 5.74) is 7.71. The Morgan fingerprint density at radius 2 is 1.87 bits per heavy atom. The van der Waals surface area contributed by atoms with Gasteiger partial charge in [0.2, 0.25) is 5.91 Å². The number of hydrogen-bond acceptors (Lipinski definition) is 2. The zero-order chi connectivity index (χ0) is 17.1. The molecular formula is C18H30N4O. The van der Waals surface area contributed by atoms with Crippen molar-refractivity contribution >= 4 is 17.6 Å². The standard InChI is InChI=1S/C18H30N4O/c1-4-5-6-7-12-20-18(19)21-13-15-8-10-16(11-9-15)22-17(23)14(2)3/h8-11,14H,4-7,12-13H2,1-3H3,(H,22,23)(H3,19,20,21). The maximum absolute atomic E-state index is 11.6. The number of carbonyl (C=O) groups excluding carboxylic acids is 1. The topological polar surface area (TPSA) is 79.5 Å². The second-order valence-electron chi connectivity index (χ2n) is 6.03. The molecule has 5 nitrogen and oxygen atoms in total. The van der Waals surface area contributed by atoms with Crippen molar-refractivity contribution in [3.63, 3.8) is 0 Å². The van der Waals surface area contributed by atoms with Crippen LogP contribution in [0.25, 0.3) is 0 Å². The predicted octanol–water partition coefficient (Wildman–Crippen LogP) is 3.27. The smallest absolute Gasteiger partial charge is 0.226 e. The highest BCUT2D eigenvalue weighted by atomic mass is 16.1. The van der Waals surface area contributed by atoms with Gasteiger partial charge in [-0.1, -0.05) is 52.2 Å². The van der Waals surface area contributed by atoms with Crippen LogP contribution in [0.4, 0.5) is 5.69 Å². The van der Waals surface area contributed by atoms with Crippen LogP contribution in [0.15, 0.2) is 29.3 Å². The predicted molar refractivity (Wildman–Crippen MR) is 97.4 cm³/mol. The zero-order valence-corrected chi connectivity index (χ0v) is 14.6. The number of rotatable bonds is 9. The summed E-state index contributed by atoms with van der Waals surface area (Å²) in [4.78, 5) is 15.9.